The number of fused-ring (bicyclic) bond motifs is 1. The van der Waals surface area contributed by atoms with Gasteiger partial charge in [0, 0.05) is 30.9 Å². The molecule has 0 bridgehead atoms. The summed E-state index contributed by atoms with van der Waals surface area (Å²) in [6, 6.07) is 8.62. The summed E-state index contributed by atoms with van der Waals surface area (Å²) in [6.07, 6.45) is 5.54. The van der Waals surface area contributed by atoms with Crippen LogP contribution in [-0.2, 0) is 0 Å². The lowest BCUT2D eigenvalue weighted by Gasteiger charge is -2.21. The fourth-order valence-corrected chi connectivity index (χ4v) is 4.05. The number of nitro benzene ring substituents is 2. The van der Waals surface area contributed by atoms with Crippen molar-refractivity contribution in [2.45, 2.75) is 25.7 Å². The van der Waals surface area contributed by atoms with Crippen LogP contribution in [0.15, 0.2) is 41.5 Å². The van der Waals surface area contributed by atoms with E-state index >= 15 is 0 Å². The molecule has 196 valence electrons. The number of anilines is 4. The van der Waals surface area contributed by atoms with E-state index in [0.29, 0.717) is 23.1 Å². The molecule has 0 spiro atoms. The number of hydrogen-bond donors (Lipinski definition) is 2. The van der Waals surface area contributed by atoms with Gasteiger partial charge >= 0.3 is 0 Å². The summed E-state index contributed by atoms with van der Waals surface area (Å²) in [5, 5.41) is 29.6. The summed E-state index contributed by atoms with van der Waals surface area (Å²) < 4.78 is 10.5. The Morgan fingerprint density at radius 2 is 1.58 bits per heavy atom. The topological polar surface area (TPSA) is 183 Å². The lowest BCUT2D eigenvalue weighted by Crippen LogP contribution is -2.26. The Balaban J connectivity index is 1.41. The predicted octanol–water partition coefficient (Wildman–Crippen LogP) is 3.99. The third kappa shape index (κ3) is 5.66. The molecule has 0 radical (unpaired) electrons. The van der Waals surface area contributed by atoms with Gasteiger partial charge in [-0.1, -0.05) is 12.8 Å². The molecule has 2 N–H and O–H groups in total. The highest BCUT2D eigenvalue weighted by Crippen LogP contribution is 2.37. The Morgan fingerprint density at radius 1 is 0.895 bits per heavy atom. The van der Waals surface area contributed by atoms with Crippen molar-refractivity contribution >= 4 is 41.1 Å². The standard InChI is InChI=1S/C23H23N9O6/c33-31(34)17-7-5-16(6-8-17)25-21-26-22(28-23(27-21)30-9-3-1-2-4-10-30)29-24-13-15-11-19-20(38-14-37-19)12-18(15)32(35)36/h5-8,11-13H,1-4,9-10,14H2,(H2,25,26,27,28,29)/b24-13-. The second kappa shape index (κ2) is 10.9. The summed E-state index contributed by atoms with van der Waals surface area (Å²) in [5.41, 5.74) is 3.26. The van der Waals surface area contributed by atoms with E-state index in [4.69, 9.17) is 9.47 Å². The minimum absolute atomic E-state index is 0.0139. The Kier molecular flexibility index (Phi) is 7.06. The van der Waals surface area contributed by atoms with Crippen molar-refractivity contribution in [3.8, 4) is 11.5 Å². The molecule has 1 aromatic heterocycles. The van der Waals surface area contributed by atoms with Crippen molar-refractivity contribution in [1.29, 1.82) is 0 Å². The number of ether oxygens (including phenoxy) is 2. The first-order chi connectivity index (χ1) is 18.5. The van der Waals surface area contributed by atoms with Crippen LogP contribution in [0, 0.1) is 20.2 Å². The first-order valence-electron chi connectivity index (χ1n) is 11.9. The summed E-state index contributed by atoms with van der Waals surface area (Å²) in [4.78, 5) is 36.9. The SMILES string of the molecule is O=[N+]([O-])c1ccc(Nc2nc(N/N=C\c3cc4c(cc3[N+](=O)[O-])OCO4)nc(N3CCCCCC3)n2)cc1. The number of hydrogen-bond acceptors (Lipinski definition) is 13. The third-order valence-corrected chi connectivity index (χ3v) is 5.93. The molecule has 0 aliphatic carbocycles. The highest BCUT2D eigenvalue weighted by atomic mass is 16.7. The van der Waals surface area contributed by atoms with Crippen LogP contribution < -0.4 is 25.1 Å². The van der Waals surface area contributed by atoms with Gasteiger partial charge in [0.1, 0.15) is 0 Å². The van der Waals surface area contributed by atoms with E-state index in [2.05, 4.69) is 35.7 Å². The predicted molar refractivity (Wildman–Crippen MR) is 137 cm³/mol. The Labute approximate surface area is 215 Å². The average molecular weight is 521 g/mol. The smallest absolute Gasteiger partial charge is 0.282 e. The van der Waals surface area contributed by atoms with Crippen molar-refractivity contribution in [3.63, 3.8) is 0 Å². The molecule has 0 saturated carbocycles. The second-order valence-corrected chi connectivity index (χ2v) is 8.50. The molecule has 3 aromatic rings. The van der Waals surface area contributed by atoms with Gasteiger partial charge in [0.05, 0.1) is 27.7 Å². The lowest BCUT2D eigenvalue weighted by molar-refractivity contribution is -0.385. The molecule has 0 atom stereocenters. The number of hydrazone groups is 1. The molecule has 15 nitrogen and oxygen atoms in total. The van der Waals surface area contributed by atoms with Gasteiger partial charge in [-0.15, -0.1) is 0 Å². The normalized spacial score (nSPS) is 14.8. The highest BCUT2D eigenvalue weighted by Gasteiger charge is 2.22. The number of nitro groups is 2. The molecular weight excluding hydrogens is 498 g/mol. The number of nitrogens with one attached hydrogen (secondary N) is 2. The number of non-ortho nitro benzene ring substituents is 1. The zero-order valence-electron chi connectivity index (χ0n) is 20.1. The largest absolute Gasteiger partial charge is 0.454 e. The maximum absolute atomic E-state index is 11.5. The number of aromatic nitrogens is 3. The van der Waals surface area contributed by atoms with E-state index in [-0.39, 0.29) is 35.6 Å². The van der Waals surface area contributed by atoms with E-state index in [1.165, 1.54) is 30.5 Å². The van der Waals surface area contributed by atoms with Crippen LogP contribution >= 0.6 is 0 Å². The lowest BCUT2D eigenvalue weighted by atomic mass is 10.1. The van der Waals surface area contributed by atoms with Crippen LogP contribution in [0.4, 0.5) is 34.9 Å². The Hall–Kier alpha value is -5.08. The fourth-order valence-electron chi connectivity index (χ4n) is 4.05. The zero-order chi connectivity index (χ0) is 26.5. The second-order valence-electron chi connectivity index (χ2n) is 8.50. The van der Waals surface area contributed by atoms with E-state index in [0.717, 1.165) is 38.8 Å². The van der Waals surface area contributed by atoms with Gasteiger partial charge in [0.15, 0.2) is 11.5 Å². The summed E-state index contributed by atoms with van der Waals surface area (Å²) in [7, 11) is 0. The van der Waals surface area contributed by atoms with Gasteiger partial charge in [-0.05, 0) is 31.0 Å². The third-order valence-electron chi connectivity index (χ3n) is 5.93. The monoisotopic (exact) mass is 521 g/mol. The van der Waals surface area contributed by atoms with Crippen molar-refractivity contribution in [3.05, 3.63) is 62.2 Å². The molecule has 5 rings (SSSR count). The maximum atomic E-state index is 11.5. The van der Waals surface area contributed by atoms with Gasteiger partial charge in [0.2, 0.25) is 24.6 Å². The van der Waals surface area contributed by atoms with Gasteiger partial charge in [-0.2, -0.15) is 20.1 Å². The molecule has 1 fully saturated rings. The molecule has 15 heteroatoms. The first kappa shape index (κ1) is 24.6. The number of nitrogens with zero attached hydrogens (tertiary/aromatic N) is 7. The van der Waals surface area contributed by atoms with Crippen LogP contribution in [0.5, 0.6) is 11.5 Å². The van der Waals surface area contributed by atoms with Crippen LogP contribution in [0.25, 0.3) is 0 Å². The van der Waals surface area contributed by atoms with Crippen molar-refractivity contribution < 1.29 is 19.3 Å². The van der Waals surface area contributed by atoms with Crippen molar-refractivity contribution in [2.24, 2.45) is 5.10 Å². The maximum Gasteiger partial charge on any atom is 0.282 e. The molecule has 2 aromatic carbocycles. The van der Waals surface area contributed by atoms with Gasteiger partial charge in [-0.3, -0.25) is 20.2 Å². The number of rotatable bonds is 8. The minimum Gasteiger partial charge on any atom is -0.454 e. The Bertz CT molecular complexity index is 1370. The zero-order valence-corrected chi connectivity index (χ0v) is 20.1. The van der Waals surface area contributed by atoms with E-state index in [1.807, 2.05) is 0 Å². The van der Waals surface area contributed by atoms with Gasteiger partial charge in [0.25, 0.3) is 11.4 Å². The molecule has 3 heterocycles. The summed E-state index contributed by atoms with van der Waals surface area (Å²) in [6.45, 7) is 1.56. The summed E-state index contributed by atoms with van der Waals surface area (Å²) in [5.74, 6) is 1.44. The van der Waals surface area contributed by atoms with Crippen LogP contribution in [0.3, 0.4) is 0 Å². The van der Waals surface area contributed by atoms with Gasteiger partial charge < -0.3 is 19.7 Å². The molecule has 0 amide bonds. The Morgan fingerprint density at radius 3 is 2.26 bits per heavy atom. The molecule has 2 aliphatic rings. The first-order valence-corrected chi connectivity index (χ1v) is 11.9. The highest BCUT2D eigenvalue weighted by molar-refractivity contribution is 5.87. The minimum atomic E-state index is -0.532. The number of benzene rings is 2. The van der Waals surface area contributed by atoms with Crippen LogP contribution in [-0.4, -0.2) is 50.9 Å². The van der Waals surface area contributed by atoms with Crippen molar-refractivity contribution in [2.75, 3.05) is 35.5 Å². The van der Waals surface area contributed by atoms with E-state index in [1.54, 1.807) is 12.1 Å². The molecule has 38 heavy (non-hydrogen) atoms. The molecular formula is C23H23N9O6. The molecule has 1 saturated heterocycles. The summed E-state index contributed by atoms with van der Waals surface area (Å²) >= 11 is 0. The fraction of sp³-hybridized carbons (Fsp3) is 0.304. The van der Waals surface area contributed by atoms with Gasteiger partial charge in [-0.25, -0.2) is 5.43 Å². The molecule has 0 unspecified atom stereocenters. The average Bonchev–Trinajstić information content (AvgIpc) is 3.19. The quantitative estimate of drug-likeness (QED) is 0.247. The van der Waals surface area contributed by atoms with Crippen LogP contribution in [0.1, 0.15) is 31.2 Å². The van der Waals surface area contributed by atoms with E-state index < -0.39 is 9.85 Å². The van der Waals surface area contributed by atoms with E-state index in [9.17, 15) is 20.2 Å². The van der Waals surface area contributed by atoms with Crippen LogP contribution in [0.2, 0.25) is 0 Å². The van der Waals surface area contributed by atoms with Crippen molar-refractivity contribution in [1.82, 2.24) is 15.0 Å². The molecule has 2 aliphatic heterocycles.